The van der Waals surface area contributed by atoms with Crippen LogP contribution in [-0.4, -0.2) is 4.98 Å². The number of nitrogens with two attached hydrogens (primary N) is 1. The van der Waals surface area contributed by atoms with E-state index in [1.54, 1.807) is 0 Å². The first-order valence-corrected chi connectivity index (χ1v) is 2.14. The zero-order valence-corrected chi connectivity index (χ0v) is 4.35. The number of rotatable bonds is 0. The number of anilines is 1. The number of aromatic nitrogens is 1. The predicted molar refractivity (Wildman–Crippen MR) is 28.2 cm³/mol. The van der Waals surface area contributed by atoms with E-state index < -0.39 is 0 Å². The van der Waals surface area contributed by atoms with Gasteiger partial charge in [-0.15, -0.1) is 0 Å². The topological polar surface area (TPSA) is 52.0 Å². The third-order valence-electron chi connectivity index (χ3n) is 0.511. The van der Waals surface area contributed by atoms with Crippen LogP contribution in [0.4, 0.5) is 5.88 Å². The van der Waals surface area contributed by atoms with E-state index in [0.29, 0.717) is 11.1 Å². The van der Waals surface area contributed by atoms with Gasteiger partial charge in [-0.25, -0.2) is 4.98 Å². The fourth-order valence-electron chi connectivity index (χ4n) is 0.277. The fourth-order valence-corrected chi connectivity index (χ4v) is 0.440. The number of nitrogen functional groups attached to an aromatic ring is 1. The van der Waals surface area contributed by atoms with E-state index in [2.05, 4.69) is 22.0 Å². The summed E-state index contributed by atoms with van der Waals surface area (Å²) in [6.45, 7) is 0. The monoisotopic (exact) mass is 116 g/mol. The molecule has 2 N–H and O–H groups in total. The second-order valence-electron chi connectivity index (χ2n) is 1.05. The van der Waals surface area contributed by atoms with Crippen LogP contribution in [0.5, 0.6) is 0 Å². The summed E-state index contributed by atoms with van der Waals surface area (Å²) in [5.74, 6) is 0.296. The smallest absolute Gasteiger partial charge is 0.254 e. The van der Waals surface area contributed by atoms with E-state index >= 15 is 0 Å². The second-order valence-corrected chi connectivity index (χ2v) is 1.43. The van der Waals surface area contributed by atoms with Crippen LogP contribution in [0.2, 0.25) is 0 Å². The Morgan fingerprint density at radius 2 is 2.57 bits per heavy atom. The van der Waals surface area contributed by atoms with Gasteiger partial charge in [0.25, 0.3) is 5.22 Å². The van der Waals surface area contributed by atoms with Gasteiger partial charge in [-0.3, -0.25) is 0 Å². The van der Waals surface area contributed by atoms with Gasteiger partial charge in [-0.05, 0) is 0 Å². The van der Waals surface area contributed by atoms with Crippen molar-refractivity contribution >= 4 is 18.5 Å². The maximum atomic E-state index is 5.10. The molecule has 7 heavy (non-hydrogen) atoms. The van der Waals surface area contributed by atoms with Crippen molar-refractivity contribution in [2.45, 2.75) is 5.22 Å². The van der Waals surface area contributed by atoms with Gasteiger partial charge in [-0.1, -0.05) is 12.6 Å². The Morgan fingerprint density at radius 1 is 1.86 bits per heavy atom. The summed E-state index contributed by atoms with van der Waals surface area (Å²) in [5, 5.41) is 0.303. The molecule has 0 bridgehead atoms. The Kier molecular flexibility index (Phi) is 0.941. The van der Waals surface area contributed by atoms with Crippen LogP contribution in [-0.2, 0) is 0 Å². The minimum atomic E-state index is 0.296. The van der Waals surface area contributed by atoms with Crippen molar-refractivity contribution < 1.29 is 4.42 Å². The molecule has 1 rings (SSSR count). The summed E-state index contributed by atoms with van der Waals surface area (Å²) < 4.78 is 4.61. The standard InChI is InChI=1S/C3H4N2OS/c4-2-1-5-3(7)6-2/h1H,4H2,(H,5,7). The van der Waals surface area contributed by atoms with E-state index in [1.807, 2.05) is 0 Å². The van der Waals surface area contributed by atoms with Crippen molar-refractivity contribution in [2.24, 2.45) is 0 Å². The Hall–Kier alpha value is -0.640. The van der Waals surface area contributed by atoms with Gasteiger partial charge < -0.3 is 10.2 Å². The molecule has 3 nitrogen and oxygen atoms in total. The van der Waals surface area contributed by atoms with E-state index in [9.17, 15) is 0 Å². The molecule has 1 aromatic rings. The first kappa shape index (κ1) is 4.52. The number of oxazole rings is 1. The molecule has 0 aromatic carbocycles. The molecule has 0 aliphatic rings. The Balaban J connectivity index is 3.04. The Morgan fingerprint density at radius 3 is 2.71 bits per heavy atom. The molecule has 4 heteroatoms. The maximum Gasteiger partial charge on any atom is 0.254 e. The molecule has 0 radical (unpaired) electrons. The average Bonchev–Trinajstić information content (AvgIpc) is 1.87. The van der Waals surface area contributed by atoms with Crippen molar-refractivity contribution in [3.05, 3.63) is 6.20 Å². The molecule has 0 saturated carbocycles. The summed E-state index contributed by atoms with van der Waals surface area (Å²) in [5.41, 5.74) is 5.10. The number of thiol groups is 1. The number of hydrogen-bond acceptors (Lipinski definition) is 4. The molecule has 0 amide bonds. The van der Waals surface area contributed by atoms with Crippen molar-refractivity contribution in [1.29, 1.82) is 0 Å². The van der Waals surface area contributed by atoms with Gasteiger partial charge in [0.2, 0.25) is 5.88 Å². The highest BCUT2D eigenvalue weighted by molar-refractivity contribution is 7.80. The van der Waals surface area contributed by atoms with Crippen LogP contribution in [0.25, 0.3) is 0 Å². The zero-order chi connectivity index (χ0) is 5.28. The summed E-state index contributed by atoms with van der Waals surface area (Å²) >= 11 is 3.75. The van der Waals surface area contributed by atoms with Crippen molar-refractivity contribution in [2.75, 3.05) is 5.73 Å². The molecule has 0 fully saturated rings. The third-order valence-corrected chi connectivity index (χ3v) is 0.718. The molecule has 0 saturated heterocycles. The van der Waals surface area contributed by atoms with E-state index in [-0.39, 0.29) is 0 Å². The van der Waals surface area contributed by atoms with Gasteiger partial charge in [-0.2, -0.15) is 0 Å². The van der Waals surface area contributed by atoms with Crippen LogP contribution in [0.3, 0.4) is 0 Å². The molecule has 0 atom stereocenters. The molecule has 0 aliphatic carbocycles. The van der Waals surface area contributed by atoms with E-state index in [1.165, 1.54) is 6.20 Å². The Labute approximate surface area is 45.9 Å². The predicted octanol–water partition coefficient (Wildman–Crippen LogP) is 0.546. The van der Waals surface area contributed by atoms with Crippen molar-refractivity contribution in [3.8, 4) is 0 Å². The van der Waals surface area contributed by atoms with E-state index in [4.69, 9.17) is 5.73 Å². The second kappa shape index (κ2) is 1.46. The largest absolute Gasteiger partial charge is 0.416 e. The van der Waals surface area contributed by atoms with Crippen LogP contribution in [0.1, 0.15) is 0 Å². The quantitative estimate of drug-likeness (QED) is 0.486. The van der Waals surface area contributed by atoms with Gasteiger partial charge in [0.1, 0.15) is 0 Å². The maximum absolute atomic E-state index is 5.10. The number of nitrogens with zero attached hydrogens (tertiary/aromatic N) is 1. The van der Waals surface area contributed by atoms with Crippen molar-refractivity contribution in [1.82, 2.24) is 4.98 Å². The molecular formula is C3H4N2OS. The summed E-state index contributed by atoms with van der Waals surface area (Å²) in [6, 6.07) is 0. The SMILES string of the molecule is Nc1cnc(S)o1. The molecule has 1 aromatic heterocycles. The van der Waals surface area contributed by atoms with Gasteiger partial charge >= 0.3 is 0 Å². The van der Waals surface area contributed by atoms with Crippen LogP contribution >= 0.6 is 12.6 Å². The summed E-state index contributed by atoms with van der Waals surface area (Å²) in [7, 11) is 0. The minimum Gasteiger partial charge on any atom is -0.416 e. The van der Waals surface area contributed by atoms with Gasteiger partial charge in [0.05, 0.1) is 6.20 Å². The lowest BCUT2D eigenvalue weighted by Crippen LogP contribution is -1.75. The highest BCUT2D eigenvalue weighted by Gasteiger charge is 1.89. The number of hydrogen-bond donors (Lipinski definition) is 2. The zero-order valence-electron chi connectivity index (χ0n) is 3.46. The normalized spacial score (nSPS) is 9.29. The van der Waals surface area contributed by atoms with Crippen LogP contribution in [0.15, 0.2) is 15.8 Å². The van der Waals surface area contributed by atoms with Gasteiger partial charge in [0.15, 0.2) is 0 Å². The fraction of sp³-hybridized carbons (Fsp3) is 0. The molecule has 38 valence electrons. The van der Waals surface area contributed by atoms with Crippen LogP contribution < -0.4 is 5.73 Å². The van der Waals surface area contributed by atoms with Crippen LogP contribution in [0, 0.1) is 0 Å². The molecule has 0 unspecified atom stereocenters. The minimum absolute atomic E-state index is 0.296. The third kappa shape index (κ3) is 0.866. The summed E-state index contributed by atoms with van der Waals surface area (Å²) in [4.78, 5) is 3.59. The van der Waals surface area contributed by atoms with Crippen molar-refractivity contribution in [3.63, 3.8) is 0 Å². The summed E-state index contributed by atoms with van der Waals surface area (Å²) in [6.07, 6.45) is 1.41. The lowest BCUT2D eigenvalue weighted by molar-refractivity contribution is 0.472. The molecular weight excluding hydrogens is 112 g/mol. The highest BCUT2D eigenvalue weighted by atomic mass is 32.1. The lowest BCUT2D eigenvalue weighted by Gasteiger charge is -1.73. The Bertz CT molecular complexity index is 145. The van der Waals surface area contributed by atoms with E-state index in [0.717, 1.165) is 0 Å². The van der Waals surface area contributed by atoms with Gasteiger partial charge in [0, 0.05) is 0 Å². The molecule has 0 aliphatic heterocycles. The first-order chi connectivity index (χ1) is 3.29. The first-order valence-electron chi connectivity index (χ1n) is 1.69. The molecule has 0 spiro atoms. The highest BCUT2D eigenvalue weighted by Crippen LogP contribution is 2.06. The molecule has 1 heterocycles. The average molecular weight is 116 g/mol. The lowest BCUT2D eigenvalue weighted by atomic mass is 10.9.